The molecule has 146 valence electrons. The van der Waals surface area contributed by atoms with E-state index in [0.717, 1.165) is 0 Å². The Balaban J connectivity index is 1.96. The first kappa shape index (κ1) is 18.8. The zero-order valence-electron chi connectivity index (χ0n) is 16.0. The van der Waals surface area contributed by atoms with E-state index in [1.807, 2.05) is 0 Å². The normalized spacial score (nSPS) is 19.6. The van der Waals surface area contributed by atoms with E-state index in [1.165, 1.54) is 12.1 Å². The van der Waals surface area contributed by atoms with Gasteiger partial charge in [-0.05, 0) is 62.4 Å². The Labute approximate surface area is 167 Å². The molecule has 1 aromatic heterocycles. The van der Waals surface area contributed by atoms with Gasteiger partial charge in [0.05, 0.1) is 17.7 Å². The SMILES string of the molecule is CC1(C)Oc2ccc(C#N)cc2[C@H](N(c2ccc(F)cc2)c2ncccn2)[C@H]1O. The maximum atomic E-state index is 13.6. The summed E-state index contributed by atoms with van der Waals surface area (Å²) in [5, 5.41) is 20.6. The number of benzene rings is 2. The number of aliphatic hydroxyl groups excluding tert-OH is 1. The highest BCUT2D eigenvalue weighted by atomic mass is 19.1. The Morgan fingerprint density at radius 3 is 2.48 bits per heavy atom. The fourth-order valence-electron chi connectivity index (χ4n) is 3.53. The average molecular weight is 390 g/mol. The van der Waals surface area contributed by atoms with Gasteiger partial charge in [-0.3, -0.25) is 0 Å². The van der Waals surface area contributed by atoms with E-state index >= 15 is 0 Å². The molecule has 1 aliphatic rings. The summed E-state index contributed by atoms with van der Waals surface area (Å²) in [7, 11) is 0. The Kier molecular flexibility index (Phi) is 4.65. The molecule has 0 saturated carbocycles. The van der Waals surface area contributed by atoms with Crippen LogP contribution in [0.2, 0.25) is 0 Å². The number of aliphatic hydroxyl groups is 1. The lowest BCUT2D eigenvalue weighted by Crippen LogP contribution is -2.53. The lowest BCUT2D eigenvalue weighted by atomic mass is 9.84. The molecule has 0 bridgehead atoms. The van der Waals surface area contributed by atoms with Crippen molar-refractivity contribution in [1.29, 1.82) is 5.26 Å². The Hall–Kier alpha value is -3.50. The van der Waals surface area contributed by atoms with Gasteiger partial charge in [0.1, 0.15) is 23.3 Å². The topological polar surface area (TPSA) is 82.3 Å². The number of rotatable bonds is 3. The molecule has 2 aromatic carbocycles. The van der Waals surface area contributed by atoms with Crippen LogP contribution < -0.4 is 9.64 Å². The minimum absolute atomic E-state index is 0.342. The van der Waals surface area contributed by atoms with Gasteiger partial charge in [-0.2, -0.15) is 5.26 Å². The monoisotopic (exact) mass is 390 g/mol. The first-order chi connectivity index (χ1) is 13.9. The van der Waals surface area contributed by atoms with E-state index in [2.05, 4.69) is 16.0 Å². The summed E-state index contributed by atoms with van der Waals surface area (Å²) >= 11 is 0. The minimum Gasteiger partial charge on any atom is -0.485 e. The first-order valence-electron chi connectivity index (χ1n) is 9.13. The van der Waals surface area contributed by atoms with E-state index < -0.39 is 17.7 Å². The third-order valence-corrected chi connectivity index (χ3v) is 4.99. The lowest BCUT2D eigenvalue weighted by Gasteiger charge is -2.46. The molecule has 0 amide bonds. The van der Waals surface area contributed by atoms with Crippen molar-refractivity contribution in [2.75, 3.05) is 4.90 Å². The highest BCUT2D eigenvalue weighted by Gasteiger charge is 2.46. The van der Waals surface area contributed by atoms with Crippen molar-refractivity contribution >= 4 is 11.6 Å². The van der Waals surface area contributed by atoms with Gasteiger partial charge in [-0.15, -0.1) is 0 Å². The summed E-state index contributed by atoms with van der Waals surface area (Å²) in [6, 6.07) is 14.1. The maximum Gasteiger partial charge on any atom is 0.230 e. The number of aromatic nitrogens is 2. The van der Waals surface area contributed by atoms with Gasteiger partial charge in [0.2, 0.25) is 5.95 Å². The summed E-state index contributed by atoms with van der Waals surface area (Å²) < 4.78 is 19.6. The molecule has 0 saturated heterocycles. The summed E-state index contributed by atoms with van der Waals surface area (Å²) in [5.41, 5.74) is 0.761. The number of fused-ring (bicyclic) bond motifs is 1. The van der Waals surface area contributed by atoms with Gasteiger partial charge in [-0.25, -0.2) is 14.4 Å². The van der Waals surface area contributed by atoms with Gasteiger partial charge in [0.25, 0.3) is 0 Å². The number of nitriles is 1. The van der Waals surface area contributed by atoms with Crippen LogP contribution >= 0.6 is 0 Å². The Morgan fingerprint density at radius 2 is 1.83 bits per heavy atom. The number of nitrogens with zero attached hydrogens (tertiary/aromatic N) is 4. The van der Waals surface area contributed by atoms with E-state index in [0.29, 0.717) is 28.5 Å². The second-order valence-corrected chi connectivity index (χ2v) is 7.35. The zero-order chi connectivity index (χ0) is 20.6. The lowest BCUT2D eigenvalue weighted by molar-refractivity contribution is -0.0571. The van der Waals surface area contributed by atoms with Gasteiger partial charge < -0.3 is 14.7 Å². The van der Waals surface area contributed by atoms with Crippen LogP contribution in [0, 0.1) is 17.1 Å². The van der Waals surface area contributed by atoms with Gasteiger partial charge >= 0.3 is 0 Å². The summed E-state index contributed by atoms with van der Waals surface area (Å²) in [4.78, 5) is 10.5. The quantitative estimate of drug-likeness (QED) is 0.730. The number of ether oxygens (including phenoxy) is 1. The largest absolute Gasteiger partial charge is 0.485 e. The number of hydrogen-bond donors (Lipinski definition) is 1. The molecule has 3 aromatic rings. The second kappa shape index (κ2) is 7.15. The minimum atomic E-state index is -0.988. The molecular formula is C22H19FN4O2. The van der Waals surface area contributed by atoms with Crippen LogP contribution in [0.4, 0.5) is 16.0 Å². The van der Waals surface area contributed by atoms with E-state index in [4.69, 9.17) is 4.74 Å². The van der Waals surface area contributed by atoms with Crippen molar-refractivity contribution in [3.63, 3.8) is 0 Å². The number of halogens is 1. The van der Waals surface area contributed by atoms with Crippen molar-refractivity contribution in [3.05, 3.63) is 77.9 Å². The van der Waals surface area contributed by atoms with Crippen molar-refractivity contribution in [2.24, 2.45) is 0 Å². The van der Waals surface area contributed by atoms with E-state index in [1.54, 1.807) is 67.5 Å². The molecule has 0 unspecified atom stereocenters. The van der Waals surface area contributed by atoms with Crippen molar-refractivity contribution < 1.29 is 14.2 Å². The van der Waals surface area contributed by atoms with Crippen LogP contribution in [0.15, 0.2) is 60.9 Å². The molecule has 0 aliphatic carbocycles. The highest BCUT2D eigenvalue weighted by Crippen LogP contribution is 2.46. The van der Waals surface area contributed by atoms with Gasteiger partial charge in [0.15, 0.2) is 0 Å². The molecule has 0 spiro atoms. The van der Waals surface area contributed by atoms with Crippen LogP contribution in [-0.2, 0) is 0 Å². The average Bonchev–Trinajstić information content (AvgIpc) is 2.72. The molecule has 7 heteroatoms. The standard InChI is InChI=1S/C22H19FN4O2/c1-22(2)20(28)19(17-12-14(13-24)4-9-18(17)29-22)27(21-25-10-3-11-26-21)16-7-5-15(23)6-8-16/h3-12,19-20,28H,1-2H3/t19-,20+/m0/s1. The molecule has 0 fully saturated rings. The third kappa shape index (κ3) is 3.39. The molecule has 1 N–H and O–H groups in total. The van der Waals surface area contributed by atoms with Crippen molar-refractivity contribution in [1.82, 2.24) is 9.97 Å². The van der Waals surface area contributed by atoms with Gasteiger partial charge in [0, 0.05) is 23.6 Å². The molecule has 2 heterocycles. The second-order valence-electron chi connectivity index (χ2n) is 7.35. The van der Waals surface area contributed by atoms with Crippen molar-refractivity contribution in [3.8, 4) is 11.8 Å². The van der Waals surface area contributed by atoms with E-state index in [9.17, 15) is 14.8 Å². The van der Waals surface area contributed by atoms with Crippen LogP contribution in [0.25, 0.3) is 0 Å². The maximum absolute atomic E-state index is 13.6. The van der Waals surface area contributed by atoms with Crippen LogP contribution in [0.5, 0.6) is 5.75 Å². The predicted octanol–water partition coefficient (Wildman–Crippen LogP) is 3.90. The zero-order valence-corrected chi connectivity index (χ0v) is 16.0. The highest BCUT2D eigenvalue weighted by molar-refractivity contribution is 5.62. The summed E-state index contributed by atoms with van der Waals surface area (Å²) in [5.74, 6) is 0.532. The fourth-order valence-corrected chi connectivity index (χ4v) is 3.53. The van der Waals surface area contributed by atoms with E-state index in [-0.39, 0.29) is 5.82 Å². The summed E-state index contributed by atoms with van der Waals surface area (Å²) in [6.45, 7) is 3.58. The van der Waals surface area contributed by atoms with Gasteiger partial charge in [-0.1, -0.05) is 0 Å². The van der Waals surface area contributed by atoms with Crippen molar-refractivity contribution in [2.45, 2.75) is 31.6 Å². The predicted molar refractivity (Wildman–Crippen MR) is 105 cm³/mol. The van der Waals surface area contributed by atoms with Crippen LogP contribution in [0.1, 0.15) is 31.0 Å². The number of hydrogen-bond acceptors (Lipinski definition) is 6. The molecule has 29 heavy (non-hydrogen) atoms. The van der Waals surface area contributed by atoms with Crippen LogP contribution in [0.3, 0.4) is 0 Å². The molecular weight excluding hydrogens is 371 g/mol. The summed E-state index contributed by atoms with van der Waals surface area (Å²) in [6.07, 6.45) is 2.21. The molecule has 1 aliphatic heterocycles. The fraction of sp³-hybridized carbons (Fsp3) is 0.227. The first-order valence-corrected chi connectivity index (χ1v) is 9.13. The smallest absolute Gasteiger partial charge is 0.230 e. The Bertz CT molecular complexity index is 1060. The Morgan fingerprint density at radius 1 is 1.14 bits per heavy atom. The molecule has 4 rings (SSSR count). The van der Waals surface area contributed by atoms with Crippen LogP contribution in [-0.4, -0.2) is 26.8 Å². The molecule has 0 radical (unpaired) electrons. The third-order valence-electron chi connectivity index (χ3n) is 4.99. The number of anilines is 2. The molecule has 6 nitrogen and oxygen atoms in total. The molecule has 2 atom stereocenters.